The second-order valence-electron chi connectivity index (χ2n) is 9.44. The van der Waals surface area contributed by atoms with Crippen LogP contribution < -0.4 is 5.32 Å². The van der Waals surface area contributed by atoms with Crippen molar-refractivity contribution >= 4 is 5.91 Å². The Balaban J connectivity index is 1.50. The molecule has 2 atom stereocenters. The van der Waals surface area contributed by atoms with Crippen molar-refractivity contribution in [1.29, 1.82) is 0 Å². The zero-order valence-corrected chi connectivity index (χ0v) is 15.8. The molecule has 136 valence electrons. The minimum atomic E-state index is 0.252. The first-order valence-electron chi connectivity index (χ1n) is 9.96. The van der Waals surface area contributed by atoms with Gasteiger partial charge in [-0.25, -0.2) is 0 Å². The molecule has 0 spiro atoms. The number of carbonyl (C=O) groups is 1. The van der Waals surface area contributed by atoms with Gasteiger partial charge < -0.3 is 10.2 Å². The highest BCUT2D eigenvalue weighted by Crippen LogP contribution is 2.66. The number of likely N-dealkylation sites (N-methyl/N-ethyl adjacent to an activating group) is 1. The minimum Gasteiger partial charge on any atom is -0.355 e. The quantitative estimate of drug-likeness (QED) is 0.858. The maximum Gasteiger partial charge on any atom is 0.220 e. The van der Waals surface area contributed by atoms with Gasteiger partial charge in [-0.3, -0.25) is 4.79 Å². The Hall–Kier alpha value is -1.35. The van der Waals surface area contributed by atoms with Crippen LogP contribution >= 0.6 is 0 Å². The van der Waals surface area contributed by atoms with Gasteiger partial charge in [0.25, 0.3) is 0 Å². The highest BCUT2D eigenvalue weighted by Gasteiger charge is 2.58. The van der Waals surface area contributed by atoms with Crippen molar-refractivity contribution in [2.75, 3.05) is 27.2 Å². The first kappa shape index (κ1) is 17.1. The molecule has 25 heavy (non-hydrogen) atoms. The van der Waals surface area contributed by atoms with Crippen molar-refractivity contribution in [2.24, 2.45) is 17.3 Å². The fourth-order valence-electron chi connectivity index (χ4n) is 6.61. The van der Waals surface area contributed by atoms with E-state index in [0.29, 0.717) is 5.41 Å². The van der Waals surface area contributed by atoms with E-state index in [9.17, 15) is 4.79 Å². The third-order valence-electron chi connectivity index (χ3n) is 6.99. The molecule has 1 N–H and O–H groups in total. The lowest BCUT2D eigenvalue weighted by Crippen LogP contribution is -2.55. The summed E-state index contributed by atoms with van der Waals surface area (Å²) in [7, 11) is 4.10. The van der Waals surface area contributed by atoms with E-state index in [4.69, 9.17) is 0 Å². The molecule has 4 fully saturated rings. The maximum atomic E-state index is 12.6. The molecule has 1 aromatic carbocycles. The molecule has 4 aliphatic carbocycles. The Morgan fingerprint density at radius 2 is 1.80 bits per heavy atom. The smallest absolute Gasteiger partial charge is 0.220 e. The van der Waals surface area contributed by atoms with Gasteiger partial charge in [-0.15, -0.1) is 0 Å². The van der Waals surface area contributed by atoms with Crippen molar-refractivity contribution in [3.8, 4) is 0 Å². The van der Waals surface area contributed by atoms with Gasteiger partial charge in [0.1, 0.15) is 0 Å². The van der Waals surface area contributed by atoms with E-state index >= 15 is 0 Å². The summed E-state index contributed by atoms with van der Waals surface area (Å²) in [6, 6.07) is 11.2. The predicted octanol–water partition coefficient (Wildman–Crippen LogP) is 3.59. The van der Waals surface area contributed by atoms with Gasteiger partial charge in [0.15, 0.2) is 0 Å². The first-order valence-corrected chi connectivity index (χ1v) is 9.96. The molecule has 0 unspecified atom stereocenters. The van der Waals surface area contributed by atoms with Crippen LogP contribution in [0, 0.1) is 17.3 Å². The maximum absolute atomic E-state index is 12.6. The number of nitrogens with zero attached hydrogens (tertiary/aromatic N) is 1. The Morgan fingerprint density at radius 3 is 2.44 bits per heavy atom. The minimum absolute atomic E-state index is 0.252. The van der Waals surface area contributed by atoms with Crippen LogP contribution in [-0.4, -0.2) is 38.0 Å². The van der Waals surface area contributed by atoms with Crippen molar-refractivity contribution in [2.45, 2.75) is 50.4 Å². The summed E-state index contributed by atoms with van der Waals surface area (Å²) in [5, 5.41) is 3.16. The zero-order chi connectivity index (χ0) is 17.5. The molecule has 4 bridgehead atoms. The average molecular weight is 341 g/mol. The second kappa shape index (κ2) is 6.42. The number of rotatable bonds is 6. The topological polar surface area (TPSA) is 32.3 Å². The van der Waals surface area contributed by atoms with Crippen LogP contribution in [0.2, 0.25) is 0 Å². The molecule has 0 aromatic heterocycles. The van der Waals surface area contributed by atoms with Gasteiger partial charge >= 0.3 is 0 Å². The Morgan fingerprint density at radius 1 is 1.12 bits per heavy atom. The van der Waals surface area contributed by atoms with E-state index in [1.807, 2.05) is 0 Å². The molecule has 4 aliphatic rings. The van der Waals surface area contributed by atoms with Crippen LogP contribution in [0.4, 0.5) is 0 Å². The third kappa shape index (κ3) is 3.36. The van der Waals surface area contributed by atoms with Gasteiger partial charge in [-0.2, -0.15) is 0 Å². The fraction of sp³-hybridized carbons (Fsp3) is 0.682. The van der Waals surface area contributed by atoms with Gasteiger partial charge in [-0.05, 0) is 80.8 Å². The van der Waals surface area contributed by atoms with E-state index in [1.165, 1.54) is 44.1 Å². The van der Waals surface area contributed by atoms with Crippen LogP contribution in [0.15, 0.2) is 30.3 Å². The van der Waals surface area contributed by atoms with Crippen molar-refractivity contribution in [3.05, 3.63) is 35.9 Å². The molecule has 0 saturated heterocycles. The summed E-state index contributed by atoms with van der Waals surface area (Å²) in [4.78, 5) is 14.7. The van der Waals surface area contributed by atoms with E-state index < -0.39 is 0 Å². The molecule has 0 aliphatic heterocycles. The first-order chi connectivity index (χ1) is 12.0. The molecule has 3 heteroatoms. The molecular formula is C22H32N2O. The standard InChI is InChI=1S/C22H32N2O/c1-24(2)9-8-23-20(25)15-21-11-17-10-18(12-21)14-22(13-17,16-21)19-6-4-3-5-7-19/h3-7,17-18H,8-16H2,1-2H3,(H,23,25)/t17-,18-,21?,22?/m1/s1. The predicted molar refractivity (Wildman–Crippen MR) is 101 cm³/mol. The number of amides is 1. The van der Waals surface area contributed by atoms with E-state index in [1.54, 1.807) is 0 Å². The summed E-state index contributed by atoms with van der Waals surface area (Å²) in [5.74, 6) is 1.93. The number of nitrogens with one attached hydrogen (secondary N) is 1. The zero-order valence-electron chi connectivity index (χ0n) is 15.8. The van der Waals surface area contributed by atoms with Gasteiger partial charge in [0, 0.05) is 19.5 Å². The highest BCUT2D eigenvalue weighted by molar-refractivity contribution is 5.76. The van der Waals surface area contributed by atoms with Gasteiger partial charge in [0.05, 0.1) is 0 Å². The summed E-state index contributed by atoms with van der Waals surface area (Å²) in [5.41, 5.74) is 2.12. The lowest BCUT2D eigenvalue weighted by atomic mass is 9.42. The Bertz CT molecular complexity index is 610. The Labute approximate surface area is 152 Å². The summed E-state index contributed by atoms with van der Waals surface area (Å²) in [6.07, 6.45) is 8.60. The molecule has 1 aromatic rings. The molecule has 0 heterocycles. The second-order valence-corrected chi connectivity index (χ2v) is 9.44. The van der Waals surface area contributed by atoms with Crippen molar-refractivity contribution in [1.82, 2.24) is 10.2 Å². The number of hydrogen-bond donors (Lipinski definition) is 1. The fourth-order valence-corrected chi connectivity index (χ4v) is 6.61. The van der Waals surface area contributed by atoms with Gasteiger partial charge in [0.2, 0.25) is 5.91 Å². The molecule has 3 nitrogen and oxygen atoms in total. The number of benzene rings is 1. The summed E-state index contributed by atoms with van der Waals surface area (Å²) < 4.78 is 0. The molecule has 4 saturated carbocycles. The largest absolute Gasteiger partial charge is 0.355 e. The Kier molecular flexibility index (Phi) is 4.39. The van der Waals surface area contributed by atoms with E-state index in [0.717, 1.165) is 31.3 Å². The molecule has 1 amide bonds. The lowest BCUT2D eigenvalue weighted by Gasteiger charge is -2.62. The molecule has 5 rings (SSSR count). The number of carbonyl (C=O) groups excluding carboxylic acids is 1. The van der Waals surface area contributed by atoms with Crippen LogP contribution in [-0.2, 0) is 10.2 Å². The molecule has 0 radical (unpaired) electrons. The number of hydrogen-bond acceptors (Lipinski definition) is 2. The van der Waals surface area contributed by atoms with E-state index in [2.05, 4.69) is 54.6 Å². The van der Waals surface area contributed by atoms with Crippen LogP contribution in [0.3, 0.4) is 0 Å². The molecular weight excluding hydrogens is 308 g/mol. The van der Waals surface area contributed by atoms with Crippen LogP contribution in [0.5, 0.6) is 0 Å². The third-order valence-corrected chi connectivity index (χ3v) is 6.99. The summed E-state index contributed by atoms with van der Waals surface area (Å²) >= 11 is 0. The normalized spacial score (nSPS) is 36.0. The summed E-state index contributed by atoms with van der Waals surface area (Å²) in [6.45, 7) is 1.68. The van der Waals surface area contributed by atoms with Crippen LogP contribution in [0.25, 0.3) is 0 Å². The van der Waals surface area contributed by atoms with Gasteiger partial charge in [-0.1, -0.05) is 30.3 Å². The monoisotopic (exact) mass is 340 g/mol. The SMILES string of the molecule is CN(C)CCNC(=O)CC12C[C@H]3C[C@H](C1)CC(c1ccccc1)(C3)C2. The average Bonchev–Trinajstić information content (AvgIpc) is 2.53. The highest BCUT2D eigenvalue weighted by atomic mass is 16.1. The lowest BCUT2D eigenvalue weighted by molar-refractivity contribution is -0.131. The van der Waals surface area contributed by atoms with Crippen molar-refractivity contribution in [3.63, 3.8) is 0 Å². The van der Waals surface area contributed by atoms with E-state index in [-0.39, 0.29) is 11.3 Å². The van der Waals surface area contributed by atoms with Crippen LogP contribution in [0.1, 0.15) is 50.5 Å². The van der Waals surface area contributed by atoms with Crippen molar-refractivity contribution < 1.29 is 4.79 Å².